The Labute approximate surface area is 144 Å². The molecule has 0 aromatic heterocycles. The van der Waals surface area contributed by atoms with Crippen molar-refractivity contribution in [2.45, 2.75) is 18.7 Å². The molecule has 25 heavy (non-hydrogen) atoms. The number of anilines is 1. The molecular weight excluding hydrogens is 348 g/mol. The zero-order valence-corrected chi connectivity index (χ0v) is 14.4. The number of aryl methyl sites for hydroxylation is 2. The number of ether oxygens (including phenoxy) is 2. The number of rotatable bonds is 4. The molecule has 0 amide bonds. The normalized spacial score (nSPS) is 13.4. The van der Waals surface area contributed by atoms with Gasteiger partial charge in [0.05, 0.1) is 15.9 Å². The number of hydrogen-bond donors (Lipinski definition) is 1. The Bertz CT molecular complexity index is 955. The Morgan fingerprint density at radius 1 is 1.08 bits per heavy atom. The molecule has 2 aromatic carbocycles. The first-order chi connectivity index (χ1) is 11.8. The average molecular weight is 364 g/mol. The fourth-order valence-electron chi connectivity index (χ4n) is 2.51. The number of nitrogens with zero attached hydrogens (tertiary/aromatic N) is 1. The lowest BCUT2D eigenvalue weighted by Crippen LogP contribution is -2.18. The summed E-state index contributed by atoms with van der Waals surface area (Å²) in [5.41, 5.74) is 0.731. The molecule has 0 atom stereocenters. The van der Waals surface area contributed by atoms with Crippen molar-refractivity contribution in [2.24, 2.45) is 0 Å². The van der Waals surface area contributed by atoms with Gasteiger partial charge < -0.3 is 9.47 Å². The van der Waals surface area contributed by atoms with E-state index in [-0.39, 0.29) is 35.3 Å². The van der Waals surface area contributed by atoms with E-state index in [0.717, 1.165) is 11.6 Å². The highest BCUT2D eigenvalue weighted by molar-refractivity contribution is 7.92. The zero-order valence-electron chi connectivity index (χ0n) is 13.6. The first kappa shape index (κ1) is 17.0. The summed E-state index contributed by atoms with van der Waals surface area (Å²) in [5, 5.41) is 11.3. The van der Waals surface area contributed by atoms with Crippen molar-refractivity contribution in [3.8, 4) is 11.5 Å². The van der Waals surface area contributed by atoms with E-state index in [1.807, 2.05) is 0 Å². The standard InChI is InChI=1S/C16H16N2O6S/c1-10-3-4-11(2)16(7-10)25(21,22)17-12-8-14-15(24-6-5-23-14)9-13(12)18(19)20/h3-4,7-9,17H,5-6H2,1-2H3. The third kappa shape index (κ3) is 3.36. The highest BCUT2D eigenvalue weighted by Gasteiger charge is 2.26. The van der Waals surface area contributed by atoms with Gasteiger partial charge in [-0.1, -0.05) is 12.1 Å². The smallest absolute Gasteiger partial charge is 0.297 e. The Morgan fingerprint density at radius 2 is 1.72 bits per heavy atom. The van der Waals surface area contributed by atoms with Gasteiger partial charge in [0, 0.05) is 6.07 Å². The average Bonchev–Trinajstić information content (AvgIpc) is 2.55. The molecule has 2 aromatic rings. The maximum Gasteiger partial charge on any atom is 0.297 e. The summed E-state index contributed by atoms with van der Waals surface area (Å²) in [5.74, 6) is 0.475. The van der Waals surface area contributed by atoms with Gasteiger partial charge in [-0.3, -0.25) is 14.8 Å². The van der Waals surface area contributed by atoms with Gasteiger partial charge in [0.2, 0.25) is 0 Å². The lowest BCUT2D eigenvalue weighted by atomic mass is 10.2. The molecule has 8 nitrogen and oxygen atoms in total. The van der Waals surface area contributed by atoms with Crippen molar-refractivity contribution in [3.63, 3.8) is 0 Å². The molecule has 0 spiro atoms. The van der Waals surface area contributed by atoms with Crippen LogP contribution in [0.3, 0.4) is 0 Å². The van der Waals surface area contributed by atoms with Gasteiger partial charge >= 0.3 is 0 Å². The molecule has 1 aliphatic heterocycles. The van der Waals surface area contributed by atoms with E-state index in [1.165, 1.54) is 12.1 Å². The molecular formula is C16H16N2O6S. The van der Waals surface area contributed by atoms with E-state index in [9.17, 15) is 18.5 Å². The lowest BCUT2D eigenvalue weighted by Gasteiger charge is -2.19. The SMILES string of the molecule is Cc1ccc(C)c(S(=O)(=O)Nc2cc3c(cc2[N+](=O)[O-])OCCO3)c1. The molecule has 0 bridgehead atoms. The summed E-state index contributed by atoms with van der Waals surface area (Å²) in [4.78, 5) is 10.7. The van der Waals surface area contributed by atoms with Gasteiger partial charge in [-0.05, 0) is 31.0 Å². The van der Waals surface area contributed by atoms with Crippen LogP contribution in [0.15, 0.2) is 35.2 Å². The largest absolute Gasteiger partial charge is 0.486 e. The summed E-state index contributed by atoms with van der Waals surface area (Å²) >= 11 is 0. The van der Waals surface area contributed by atoms with Gasteiger partial charge in [0.25, 0.3) is 15.7 Å². The minimum atomic E-state index is -4.00. The van der Waals surface area contributed by atoms with Crippen LogP contribution in [-0.2, 0) is 10.0 Å². The second-order valence-electron chi connectivity index (χ2n) is 5.64. The van der Waals surface area contributed by atoms with Crippen LogP contribution in [0.25, 0.3) is 0 Å². The predicted octanol–water partition coefficient (Wildman–Crippen LogP) is 2.78. The van der Waals surface area contributed by atoms with Crippen LogP contribution in [0.2, 0.25) is 0 Å². The highest BCUT2D eigenvalue weighted by Crippen LogP contribution is 2.40. The van der Waals surface area contributed by atoms with E-state index in [0.29, 0.717) is 5.56 Å². The van der Waals surface area contributed by atoms with Crippen molar-refractivity contribution in [3.05, 3.63) is 51.6 Å². The minimum absolute atomic E-state index is 0.0664. The van der Waals surface area contributed by atoms with E-state index in [1.54, 1.807) is 26.0 Å². The monoisotopic (exact) mass is 364 g/mol. The summed E-state index contributed by atoms with van der Waals surface area (Å²) < 4.78 is 38.4. The third-order valence-electron chi connectivity index (χ3n) is 3.73. The predicted molar refractivity (Wildman–Crippen MR) is 90.8 cm³/mol. The minimum Gasteiger partial charge on any atom is -0.486 e. The number of nitro benzene ring substituents is 1. The highest BCUT2D eigenvalue weighted by atomic mass is 32.2. The Kier molecular flexibility index (Phi) is 4.25. The Hall–Kier alpha value is -2.81. The third-order valence-corrected chi connectivity index (χ3v) is 5.24. The number of sulfonamides is 1. The summed E-state index contributed by atoms with van der Waals surface area (Å²) in [6, 6.07) is 7.43. The number of benzene rings is 2. The quantitative estimate of drug-likeness (QED) is 0.660. The van der Waals surface area contributed by atoms with Crippen molar-refractivity contribution >= 4 is 21.4 Å². The second-order valence-corrected chi connectivity index (χ2v) is 7.30. The van der Waals surface area contributed by atoms with Crippen LogP contribution >= 0.6 is 0 Å². The molecule has 1 N–H and O–H groups in total. The van der Waals surface area contributed by atoms with Gasteiger partial charge in [-0.25, -0.2) is 8.42 Å². The van der Waals surface area contributed by atoms with E-state index < -0.39 is 20.6 Å². The van der Waals surface area contributed by atoms with E-state index >= 15 is 0 Å². The van der Waals surface area contributed by atoms with Crippen molar-refractivity contribution in [1.82, 2.24) is 0 Å². The van der Waals surface area contributed by atoms with Crippen molar-refractivity contribution in [2.75, 3.05) is 17.9 Å². The summed E-state index contributed by atoms with van der Waals surface area (Å²) in [6.45, 7) is 3.99. The lowest BCUT2D eigenvalue weighted by molar-refractivity contribution is -0.384. The Balaban J connectivity index is 2.07. The van der Waals surface area contributed by atoms with E-state index in [4.69, 9.17) is 9.47 Å². The first-order valence-corrected chi connectivity index (χ1v) is 8.94. The van der Waals surface area contributed by atoms with Gasteiger partial charge in [-0.2, -0.15) is 0 Å². The molecule has 9 heteroatoms. The molecule has 132 valence electrons. The summed E-state index contributed by atoms with van der Waals surface area (Å²) in [7, 11) is -4.00. The molecule has 0 saturated carbocycles. The molecule has 0 radical (unpaired) electrons. The topological polar surface area (TPSA) is 108 Å². The molecule has 0 fully saturated rings. The molecule has 0 saturated heterocycles. The van der Waals surface area contributed by atoms with E-state index in [2.05, 4.69) is 4.72 Å². The van der Waals surface area contributed by atoms with Crippen LogP contribution in [0, 0.1) is 24.0 Å². The van der Waals surface area contributed by atoms with Gasteiger partial charge in [0.15, 0.2) is 11.5 Å². The maximum atomic E-state index is 12.7. The van der Waals surface area contributed by atoms with Crippen LogP contribution < -0.4 is 14.2 Å². The second kappa shape index (κ2) is 6.25. The number of nitro groups is 1. The fraction of sp³-hybridized carbons (Fsp3) is 0.250. The number of fused-ring (bicyclic) bond motifs is 1. The fourth-order valence-corrected chi connectivity index (χ4v) is 3.90. The van der Waals surface area contributed by atoms with Crippen LogP contribution in [0.1, 0.15) is 11.1 Å². The Morgan fingerprint density at radius 3 is 2.36 bits per heavy atom. The maximum absolute atomic E-state index is 12.7. The first-order valence-electron chi connectivity index (χ1n) is 7.46. The molecule has 3 rings (SSSR count). The van der Waals surface area contributed by atoms with Crippen LogP contribution in [0.4, 0.5) is 11.4 Å². The number of hydrogen-bond acceptors (Lipinski definition) is 6. The zero-order chi connectivity index (χ0) is 18.2. The van der Waals surface area contributed by atoms with Crippen molar-refractivity contribution < 1.29 is 22.8 Å². The van der Waals surface area contributed by atoms with Gasteiger partial charge in [0.1, 0.15) is 18.9 Å². The van der Waals surface area contributed by atoms with Crippen LogP contribution in [-0.4, -0.2) is 26.6 Å². The number of nitrogens with one attached hydrogen (secondary N) is 1. The summed E-state index contributed by atoms with van der Waals surface area (Å²) in [6.07, 6.45) is 0. The molecule has 1 heterocycles. The molecule has 0 unspecified atom stereocenters. The molecule has 0 aliphatic carbocycles. The van der Waals surface area contributed by atoms with Crippen molar-refractivity contribution in [1.29, 1.82) is 0 Å². The van der Waals surface area contributed by atoms with Crippen LogP contribution in [0.5, 0.6) is 11.5 Å². The van der Waals surface area contributed by atoms with Gasteiger partial charge in [-0.15, -0.1) is 0 Å². The molecule has 1 aliphatic rings.